The summed E-state index contributed by atoms with van der Waals surface area (Å²) in [5.41, 5.74) is 4.97. The molecule has 0 aromatic heterocycles. The van der Waals surface area contributed by atoms with Gasteiger partial charge in [-0.15, -0.1) is 0 Å². The summed E-state index contributed by atoms with van der Waals surface area (Å²) in [5.74, 6) is 0.608. The maximum absolute atomic E-state index is 13.5. The molecule has 2 aromatic rings. The summed E-state index contributed by atoms with van der Waals surface area (Å²) in [6.07, 6.45) is 4.04. The first-order chi connectivity index (χ1) is 19.3. The number of nitrogens with zero attached hydrogens (tertiary/aromatic N) is 2. The number of nitro benzene ring substituents is 1. The molecule has 0 unspecified atom stereocenters. The van der Waals surface area contributed by atoms with Crippen molar-refractivity contribution in [3.63, 3.8) is 0 Å². The molecule has 0 saturated heterocycles. The molecule has 1 aliphatic heterocycles. The lowest BCUT2D eigenvalue weighted by Crippen LogP contribution is -2.40. The Labute approximate surface area is 241 Å². The van der Waals surface area contributed by atoms with Gasteiger partial charge in [0.2, 0.25) is 0 Å². The number of carbonyl (C=O) groups is 2. The van der Waals surface area contributed by atoms with Crippen molar-refractivity contribution in [3.05, 3.63) is 84.7 Å². The standard InChI is InChI=1S/C30H31BrN2O7/c1-38-14-13-32-22-5-3-7-24(34)28(22)27(29-23(32)6-4-8-25(29)35)19-15-21(31)30(26(16-19)39-2)40-17-18-9-11-20(12-10-18)33(36)37/h9-12,15-16,27H,3-8,13-14,17H2,1-2H3. The van der Waals surface area contributed by atoms with E-state index >= 15 is 0 Å². The molecule has 9 nitrogen and oxygen atoms in total. The molecule has 2 aromatic carbocycles. The van der Waals surface area contributed by atoms with Gasteiger partial charge < -0.3 is 19.1 Å². The molecule has 0 radical (unpaired) electrons. The Kier molecular flexibility index (Phi) is 8.37. The highest BCUT2D eigenvalue weighted by atomic mass is 79.9. The molecule has 0 fully saturated rings. The van der Waals surface area contributed by atoms with E-state index in [1.807, 2.05) is 12.1 Å². The van der Waals surface area contributed by atoms with Crippen molar-refractivity contribution in [2.75, 3.05) is 27.4 Å². The molecule has 210 valence electrons. The van der Waals surface area contributed by atoms with E-state index < -0.39 is 10.8 Å². The fourth-order valence-corrected chi connectivity index (χ4v) is 6.49. The molecular formula is C30H31BrN2O7. The van der Waals surface area contributed by atoms with Gasteiger partial charge in [-0.3, -0.25) is 19.7 Å². The summed E-state index contributed by atoms with van der Waals surface area (Å²) in [6, 6.07) is 9.93. The summed E-state index contributed by atoms with van der Waals surface area (Å²) in [5, 5.41) is 11.0. The molecule has 0 amide bonds. The summed E-state index contributed by atoms with van der Waals surface area (Å²) in [6.45, 7) is 1.27. The number of rotatable bonds is 9. The van der Waals surface area contributed by atoms with Crippen molar-refractivity contribution in [1.29, 1.82) is 0 Å². The van der Waals surface area contributed by atoms with E-state index in [4.69, 9.17) is 14.2 Å². The third-order valence-corrected chi connectivity index (χ3v) is 8.31. The maximum atomic E-state index is 13.5. The van der Waals surface area contributed by atoms with Crippen molar-refractivity contribution < 1.29 is 28.7 Å². The smallest absolute Gasteiger partial charge is 0.269 e. The van der Waals surface area contributed by atoms with Crippen LogP contribution >= 0.6 is 15.9 Å². The van der Waals surface area contributed by atoms with E-state index in [0.717, 1.165) is 48.2 Å². The van der Waals surface area contributed by atoms with Gasteiger partial charge in [-0.25, -0.2) is 0 Å². The van der Waals surface area contributed by atoms with Crippen LogP contribution in [0.5, 0.6) is 11.5 Å². The molecule has 3 aliphatic rings. The Morgan fingerprint density at radius 1 is 0.975 bits per heavy atom. The predicted molar refractivity (Wildman–Crippen MR) is 151 cm³/mol. The van der Waals surface area contributed by atoms with Gasteiger partial charge in [0, 0.05) is 67.1 Å². The molecule has 10 heteroatoms. The van der Waals surface area contributed by atoms with Crippen molar-refractivity contribution in [2.24, 2.45) is 0 Å². The van der Waals surface area contributed by atoms with Crippen LogP contribution in [0.1, 0.15) is 55.6 Å². The Morgan fingerprint density at radius 3 is 2.15 bits per heavy atom. The average molecular weight is 611 g/mol. The minimum atomic E-state index is -0.474. The number of methoxy groups -OCH3 is 2. The van der Waals surface area contributed by atoms with Gasteiger partial charge in [0.25, 0.3) is 5.69 Å². The second kappa shape index (κ2) is 11.9. The number of nitro groups is 1. The molecule has 5 rings (SSSR count). The topological polar surface area (TPSA) is 108 Å². The lowest BCUT2D eigenvalue weighted by atomic mass is 9.71. The van der Waals surface area contributed by atoms with Gasteiger partial charge in [0.05, 0.1) is 23.1 Å². The van der Waals surface area contributed by atoms with E-state index in [1.165, 1.54) is 12.1 Å². The average Bonchev–Trinajstić information content (AvgIpc) is 2.95. The van der Waals surface area contributed by atoms with Gasteiger partial charge >= 0.3 is 0 Å². The molecule has 40 heavy (non-hydrogen) atoms. The van der Waals surface area contributed by atoms with Gasteiger partial charge in [-0.05, 0) is 77.0 Å². The van der Waals surface area contributed by atoms with Crippen LogP contribution in [0, 0.1) is 10.1 Å². The van der Waals surface area contributed by atoms with E-state index in [0.29, 0.717) is 53.1 Å². The van der Waals surface area contributed by atoms with Gasteiger partial charge in [0.1, 0.15) is 6.61 Å². The van der Waals surface area contributed by atoms with Crippen LogP contribution in [-0.2, 0) is 20.9 Å². The molecule has 0 N–H and O–H groups in total. The molecule has 2 aliphatic carbocycles. The van der Waals surface area contributed by atoms with Crippen molar-refractivity contribution >= 4 is 33.2 Å². The molecule has 1 heterocycles. The zero-order valence-electron chi connectivity index (χ0n) is 22.5. The molecule has 0 saturated carbocycles. The van der Waals surface area contributed by atoms with Crippen LogP contribution < -0.4 is 9.47 Å². The molecular weight excluding hydrogens is 580 g/mol. The number of ketones is 2. The number of halogens is 1. The number of ether oxygens (including phenoxy) is 3. The minimum absolute atomic E-state index is 0.0111. The third-order valence-electron chi connectivity index (χ3n) is 7.72. The highest BCUT2D eigenvalue weighted by Crippen LogP contribution is 2.51. The first-order valence-electron chi connectivity index (χ1n) is 13.4. The van der Waals surface area contributed by atoms with Crippen molar-refractivity contribution in [3.8, 4) is 11.5 Å². The summed E-state index contributed by atoms with van der Waals surface area (Å²) in [7, 11) is 3.20. The zero-order chi connectivity index (χ0) is 28.4. The van der Waals surface area contributed by atoms with Gasteiger partial charge in [-0.1, -0.05) is 0 Å². The van der Waals surface area contributed by atoms with E-state index in [9.17, 15) is 19.7 Å². The fourth-order valence-electron chi connectivity index (χ4n) is 5.92. The van der Waals surface area contributed by atoms with Crippen LogP contribution in [0.15, 0.2) is 63.4 Å². The van der Waals surface area contributed by atoms with Crippen molar-refractivity contribution in [2.45, 2.75) is 51.0 Å². The predicted octanol–water partition coefficient (Wildman–Crippen LogP) is 6.00. The monoisotopic (exact) mass is 610 g/mol. The number of non-ortho nitro benzene ring substituents is 1. The Hall–Kier alpha value is -3.50. The van der Waals surface area contributed by atoms with Crippen LogP contribution in [0.25, 0.3) is 0 Å². The van der Waals surface area contributed by atoms with E-state index in [-0.39, 0.29) is 23.9 Å². The largest absolute Gasteiger partial charge is 0.493 e. The lowest BCUT2D eigenvalue weighted by Gasteiger charge is -2.44. The highest BCUT2D eigenvalue weighted by Gasteiger charge is 2.43. The van der Waals surface area contributed by atoms with Crippen molar-refractivity contribution in [1.82, 2.24) is 4.90 Å². The number of allylic oxidation sites excluding steroid dienone is 4. The summed E-state index contributed by atoms with van der Waals surface area (Å²) in [4.78, 5) is 39.7. The third kappa shape index (κ3) is 5.30. The number of hydrogen-bond acceptors (Lipinski definition) is 8. The first kappa shape index (κ1) is 28.0. The molecule has 0 atom stereocenters. The highest BCUT2D eigenvalue weighted by molar-refractivity contribution is 9.10. The second-order valence-corrected chi connectivity index (χ2v) is 11.0. The number of benzene rings is 2. The number of hydrogen-bond donors (Lipinski definition) is 0. The number of carbonyl (C=O) groups excluding carboxylic acids is 2. The summed E-state index contributed by atoms with van der Waals surface area (Å²) >= 11 is 3.64. The minimum Gasteiger partial charge on any atom is -0.493 e. The zero-order valence-corrected chi connectivity index (χ0v) is 24.1. The van der Waals surface area contributed by atoms with Crippen LogP contribution in [0.4, 0.5) is 5.69 Å². The SMILES string of the molecule is COCCN1C2=C(C(=O)CCC2)C(c2cc(Br)c(OCc3ccc([N+](=O)[O-])cc3)c(OC)c2)C2=C1CCCC2=O. The molecule has 0 spiro atoms. The summed E-state index contributed by atoms with van der Waals surface area (Å²) < 4.78 is 17.8. The van der Waals surface area contributed by atoms with Crippen LogP contribution in [-0.4, -0.2) is 48.8 Å². The number of Topliss-reactive ketones (excluding diaryl/α,β-unsaturated/α-hetero) is 2. The maximum Gasteiger partial charge on any atom is 0.269 e. The fraction of sp³-hybridized carbons (Fsp3) is 0.400. The van der Waals surface area contributed by atoms with Gasteiger partial charge in [0.15, 0.2) is 23.1 Å². The first-order valence-corrected chi connectivity index (χ1v) is 14.2. The quantitative estimate of drug-likeness (QED) is 0.251. The Bertz CT molecular complexity index is 1370. The van der Waals surface area contributed by atoms with E-state index in [1.54, 1.807) is 26.4 Å². The van der Waals surface area contributed by atoms with E-state index in [2.05, 4.69) is 20.8 Å². The lowest BCUT2D eigenvalue weighted by molar-refractivity contribution is -0.384. The molecule has 0 bridgehead atoms. The second-order valence-electron chi connectivity index (χ2n) is 10.1. The van der Waals surface area contributed by atoms with Crippen LogP contribution in [0.2, 0.25) is 0 Å². The normalized spacial score (nSPS) is 17.6. The Balaban J connectivity index is 1.54. The Morgan fingerprint density at radius 2 is 1.60 bits per heavy atom. The van der Waals surface area contributed by atoms with Crippen LogP contribution in [0.3, 0.4) is 0 Å². The van der Waals surface area contributed by atoms with Gasteiger partial charge in [-0.2, -0.15) is 0 Å².